The van der Waals surface area contributed by atoms with Crippen LogP contribution in [-0.4, -0.2) is 51.9 Å². The molecular weight excluding hydrogens is 358 g/mol. The van der Waals surface area contributed by atoms with Gasteiger partial charge in [-0.1, -0.05) is 32.6 Å². The van der Waals surface area contributed by atoms with Crippen molar-refractivity contribution in [3.05, 3.63) is 24.3 Å². The Morgan fingerprint density at radius 2 is 1.93 bits per heavy atom. The molecule has 6 nitrogen and oxygen atoms in total. The van der Waals surface area contributed by atoms with Gasteiger partial charge < -0.3 is 20.3 Å². The number of hydrogen-bond donors (Lipinski definition) is 3. The fourth-order valence-corrected chi connectivity index (χ4v) is 6.20. The maximum atomic E-state index is 13.7. The molecule has 0 bridgehead atoms. The van der Waals surface area contributed by atoms with E-state index < -0.39 is 29.1 Å². The first-order chi connectivity index (χ1) is 13.1. The highest BCUT2D eigenvalue weighted by Gasteiger charge is 2.69. The van der Waals surface area contributed by atoms with Gasteiger partial charge >= 0.3 is 0 Å². The lowest BCUT2D eigenvalue weighted by molar-refractivity contribution is -0.153. The zero-order valence-corrected chi connectivity index (χ0v) is 17.0. The topological polar surface area (TPSA) is 99.2 Å². The standard InChI is InChI=1S/C22H31NO5/c1-10-7-6-8-14-18(26)12(3)11(2)17-13(4)23-20(27)22(14,17)16(25)9-15(24)21(5)19(10)28-21/h6,8,10-11,13-15,17-19,24,26H,3,7,9H2,1-2,4-5H3,(H,23,27)/t10-,11+,13-,14-,15-,17-,18+,19+,21-,22+/m0/s1. The smallest absolute Gasteiger partial charge is 0.235 e. The van der Waals surface area contributed by atoms with Crippen LogP contribution in [0.4, 0.5) is 0 Å². The molecule has 1 amide bonds. The number of Topliss-reactive ketones (excluding diaryl/α,β-unsaturated/α-hetero) is 1. The zero-order chi connectivity index (χ0) is 20.6. The summed E-state index contributed by atoms with van der Waals surface area (Å²) in [6.45, 7) is 11.8. The number of ether oxygens (including phenoxy) is 1. The van der Waals surface area contributed by atoms with Crippen LogP contribution in [0.15, 0.2) is 24.3 Å². The van der Waals surface area contributed by atoms with Gasteiger partial charge in [0.25, 0.3) is 0 Å². The number of carbonyl (C=O) groups is 2. The molecule has 4 rings (SSSR count). The minimum Gasteiger partial charge on any atom is -0.390 e. The third-order valence-electron chi connectivity index (χ3n) is 7.93. The monoisotopic (exact) mass is 389 g/mol. The summed E-state index contributed by atoms with van der Waals surface area (Å²) in [6.07, 6.45) is 2.22. The normalized spacial score (nSPS) is 53.6. The fourth-order valence-electron chi connectivity index (χ4n) is 6.20. The summed E-state index contributed by atoms with van der Waals surface area (Å²) < 4.78 is 5.80. The number of epoxide rings is 1. The van der Waals surface area contributed by atoms with Crippen LogP contribution in [-0.2, 0) is 14.3 Å². The summed E-state index contributed by atoms with van der Waals surface area (Å²) in [5, 5.41) is 24.8. The Bertz CT molecular complexity index is 762. The number of allylic oxidation sites excluding steroid dienone is 1. The van der Waals surface area contributed by atoms with E-state index in [0.29, 0.717) is 12.0 Å². The summed E-state index contributed by atoms with van der Waals surface area (Å²) in [4.78, 5) is 26.9. The molecule has 3 fully saturated rings. The molecule has 6 heteroatoms. The number of aliphatic hydroxyl groups is 2. The van der Waals surface area contributed by atoms with Gasteiger partial charge in [-0.15, -0.1) is 0 Å². The molecule has 2 heterocycles. The van der Waals surface area contributed by atoms with E-state index in [2.05, 4.69) is 11.9 Å². The molecule has 3 N–H and O–H groups in total. The Labute approximate surface area is 166 Å². The van der Waals surface area contributed by atoms with Crippen molar-refractivity contribution < 1.29 is 24.5 Å². The first-order valence-electron chi connectivity index (χ1n) is 10.3. The number of ketones is 1. The number of hydrogen-bond acceptors (Lipinski definition) is 5. The third-order valence-corrected chi connectivity index (χ3v) is 7.93. The highest BCUT2D eigenvalue weighted by molar-refractivity contribution is 6.09. The number of carbonyl (C=O) groups excluding carboxylic acids is 2. The predicted molar refractivity (Wildman–Crippen MR) is 103 cm³/mol. The van der Waals surface area contributed by atoms with Crippen LogP contribution in [0.25, 0.3) is 0 Å². The second-order valence-corrected chi connectivity index (χ2v) is 9.50. The lowest BCUT2D eigenvalue weighted by atomic mass is 9.52. The van der Waals surface area contributed by atoms with Crippen LogP contribution in [0, 0.1) is 29.1 Å². The first kappa shape index (κ1) is 19.8. The van der Waals surface area contributed by atoms with E-state index in [1.807, 2.05) is 39.8 Å². The predicted octanol–water partition coefficient (Wildman–Crippen LogP) is 1.36. The van der Waals surface area contributed by atoms with Crippen LogP contribution in [0.3, 0.4) is 0 Å². The van der Waals surface area contributed by atoms with E-state index in [9.17, 15) is 19.8 Å². The molecular formula is C22H31NO5. The van der Waals surface area contributed by atoms with Crippen molar-refractivity contribution in [3.63, 3.8) is 0 Å². The Morgan fingerprint density at radius 3 is 2.61 bits per heavy atom. The van der Waals surface area contributed by atoms with Crippen LogP contribution < -0.4 is 5.32 Å². The summed E-state index contributed by atoms with van der Waals surface area (Å²) in [7, 11) is 0. The zero-order valence-electron chi connectivity index (χ0n) is 17.0. The number of fused-ring (bicyclic) bond motifs is 1. The van der Waals surface area contributed by atoms with Gasteiger partial charge in [-0.3, -0.25) is 9.59 Å². The molecule has 1 spiro atoms. The summed E-state index contributed by atoms with van der Waals surface area (Å²) in [5.41, 5.74) is -1.50. The lowest BCUT2D eigenvalue weighted by Gasteiger charge is -2.49. The van der Waals surface area contributed by atoms with Crippen molar-refractivity contribution in [1.82, 2.24) is 5.32 Å². The minimum atomic E-state index is -1.40. The van der Waals surface area contributed by atoms with Gasteiger partial charge in [0, 0.05) is 24.3 Å². The average molecular weight is 389 g/mol. The molecule has 2 aliphatic heterocycles. The van der Waals surface area contributed by atoms with E-state index >= 15 is 0 Å². The maximum absolute atomic E-state index is 13.7. The Morgan fingerprint density at radius 1 is 1.25 bits per heavy atom. The van der Waals surface area contributed by atoms with Gasteiger partial charge in [0.1, 0.15) is 11.0 Å². The molecule has 0 aromatic carbocycles. The molecule has 0 unspecified atom stereocenters. The first-order valence-corrected chi connectivity index (χ1v) is 10.3. The largest absolute Gasteiger partial charge is 0.390 e. The van der Waals surface area contributed by atoms with Gasteiger partial charge in [-0.2, -0.15) is 0 Å². The lowest BCUT2D eigenvalue weighted by Crippen LogP contribution is -2.59. The molecule has 10 atom stereocenters. The van der Waals surface area contributed by atoms with E-state index in [1.165, 1.54) is 0 Å². The Kier molecular flexibility index (Phi) is 4.42. The molecule has 4 aliphatic rings. The maximum Gasteiger partial charge on any atom is 0.235 e. The number of nitrogens with one attached hydrogen (secondary N) is 1. The molecule has 0 radical (unpaired) electrons. The van der Waals surface area contributed by atoms with Gasteiger partial charge in [-0.05, 0) is 37.7 Å². The van der Waals surface area contributed by atoms with E-state index in [1.54, 1.807) is 0 Å². The van der Waals surface area contributed by atoms with Crippen molar-refractivity contribution in [3.8, 4) is 0 Å². The van der Waals surface area contributed by atoms with Crippen LogP contribution in [0.1, 0.15) is 40.5 Å². The summed E-state index contributed by atoms with van der Waals surface area (Å²) in [5.74, 6) is -1.69. The quantitative estimate of drug-likeness (QED) is 0.330. The second kappa shape index (κ2) is 6.25. The molecule has 0 aromatic rings. The van der Waals surface area contributed by atoms with E-state index in [-0.39, 0.29) is 48.0 Å². The molecule has 1 saturated carbocycles. The van der Waals surface area contributed by atoms with Crippen LogP contribution >= 0.6 is 0 Å². The fraction of sp³-hybridized carbons (Fsp3) is 0.727. The van der Waals surface area contributed by atoms with E-state index in [0.717, 1.165) is 0 Å². The number of rotatable bonds is 0. The second-order valence-electron chi connectivity index (χ2n) is 9.50. The minimum absolute atomic E-state index is 0.122. The van der Waals surface area contributed by atoms with Crippen molar-refractivity contribution in [2.24, 2.45) is 29.1 Å². The third kappa shape index (κ3) is 2.37. The van der Waals surface area contributed by atoms with Gasteiger partial charge in [-0.25, -0.2) is 0 Å². The SMILES string of the molecule is C=C1[C@@H](C)[C@H]2[C@H](C)NC(=O)[C@]23C(=O)C[C@H](O)[C@]2(C)O[C@@H]2[C@@H](C)CC=C[C@H]3[C@@H]1O. The molecule has 154 valence electrons. The molecule has 2 aliphatic carbocycles. The highest BCUT2D eigenvalue weighted by atomic mass is 16.6. The highest BCUT2D eigenvalue weighted by Crippen LogP contribution is 2.57. The van der Waals surface area contributed by atoms with Crippen molar-refractivity contribution in [2.45, 2.75) is 70.5 Å². The van der Waals surface area contributed by atoms with Crippen molar-refractivity contribution in [1.29, 1.82) is 0 Å². The summed E-state index contributed by atoms with van der Waals surface area (Å²) in [6, 6.07) is -0.215. The van der Waals surface area contributed by atoms with Gasteiger partial charge in [0.2, 0.25) is 5.91 Å². The van der Waals surface area contributed by atoms with Gasteiger partial charge in [0.05, 0.1) is 18.3 Å². The molecule has 2 saturated heterocycles. The summed E-state index contributed by atoms with van der Waals surface area (Å²) >= 11 is 0. The molecule has 0 aromatic heterocycles. The number of aliphatic hydroxyl groups excluding tert-OH is 2. The molecule has 28 heavy (non-hydrogen) atoms. The number of amides is 1. The van der Waals surface area contributed by atoms with Crippen LogP contribution in [0.5, 0.6) is 0 Å². The average Bonchev–Trinajstić information content (AvgIpc) is 3.25. The van der Waals surface area contributed by atoms with Crippen molar-refractivity contribution in [2.75, 3.05) is 0 Å². The Hall–Kier alpha value is -1.50. The van der Waals surface area contributed by atoms with Crippen molar-refractivity contribution >= 4 is 11.7 Å². The van der Waals surface area contributed by atoms with Crippen LogP contribution in [0.2, 0.25) is 0 Å². The van der Waals surface area contributed by atoms with E-state index in [4.69, 9.17) is 4.74 Å². The Balaban J connectivity index is 1.86. The van der Waals surface area contributed by atoms with Gasteiger partial charge in [0.15, 0.2) is 5.78 Å².